The first-order valence-corrected chi connectivity index (χ1v) is 10.0. The molecule has 2 rings (SSSR count). The summed E-state index contributed by atoms with van der Waals surface area (Å²) >= 11 is 0. The van der Waals surface area contributed by atoms with Crippen LogP contribution in [0.15, 0.2) is 58.3 Å². The van der Waals surface area contributed by atoms with Crippen LogP contribution in [-0.4, -0.2) is 29.6 Å². The van der Waals surface area contributed by atoms with Crippen molar-refractivity contribution in [3.8, 4) is 12.3 Å². The summed E-state index contributed by atoms with van der Waals surface area (Å²) in [6, 6.07) is 10.6. The summed E-state index contributed by atoms with van der Waals surface area (Å²) in [6.45, 7) is -0.361. The normalized spacial score (nSPS) is 11.7. The molecule has 0 unspecified atom stereocenters. The first-order chi connectivity index (χ1) is 11.2. The van der Waals surface area contributed by atoms with Crippen LogP contribution in [0.25, 0.3) is 0 Å². The summed E-state index contributed by atoms with van der Waals surface area (Å²) in [6.07, 6.45) is 6.00. The number of sulfonamides is 1. The maximum atomic E-state index is 14.4. The van der Waals surface area contributed by atoms with Gasteiger partial charge < -0.3 is 0 Å². The Balaban J connectivity index is 2.53. The number of sulfone groups is 1. The van der Waals surface area contributed by atoms with Crippen LogP contribution in [0, 0.1) is 18.2 Å². The van der Waals surface area contributed by atoms with Gasteiger partial charge in [-0.15, -0.1) is 6.42 Å². The van der Waals surface area contributed by atoms with Gasteiger partial charge in [0.25, 0.3) is 0 Å². The Morgan fingerprint density at radius 1 is 1.04 bits per heavy atom. The Labute approximate surface area is 140 Å². The lowest BCUT2D eigenvalue weighted by Gasteiger charge is -2.20. The van der Waals surface area contributed by atoms with E-state index in [4.69, 9.17) is 6.42 Å². The molecule has 0 N–H and O–H groups in total. The lowest BCUT2D eigenvalue weighted by molar-refractivity contribution is 0.588. The highest BCUT2D eigenvalue weighted by Crippen LogP contribution is 2.27. The molecule has 24 heavy (non-hydrogen) atoms. The monoisotopic (exact) mass is 367 g/mol. The molecule has 0 aromatic heterocycles. The zero-order valence-electron chi connectivity index (χ0n) is 12.7. The lowest BCUT2D eigenvalue weighted by atomic mass is 10.3. The SMILES string of the molecule is C#CCN(c1ccc(S(=O)(=O)c2ccccc2)cc1F)S(C)(=O)=O. The van der Waals surface area contributed by atoms with Crippen LogP contribution in [0.3, 0.4) is 0 Å². The van der Waals surface area contributed by atoms with Gasteiger partial charge in [0.1, 0.15) is 5.82 Å². The highest BCUT2D eigenvalue weighted by atomic mass is 32.2. The Morgan fingerprint density at radius 3 is 2.17 bits per heavy atom. The van der Waals surface area contributed by atoms with Gasteiger partial charge in [-0.1, -0.05) is 24.1 Å². The maximum absolute atomic E-state index is 14.4. The molecular formula is C16H14FNO4S2. The second kappa shape index (κ2) is 6.63. The fourth-order valence-corrected chi connectivity index (χ4v) is 4.16. The minimum absolute atomic E-state index is 0.0146. The van der Waals surface area contributed by atoms with E-state index < -0.39 is 25.7 Å². The van der Waals surface area contributed by atoms with Crippen molar-refractivity contribution in [1.29, 1.82) is 0 Å². The number of hydrogen-bond donors (Lipinski definition) is 0. The van der Waals surface area contributed by atoms with Crippen molar-refractivity contribution in [3.05, 3.63) is 54.3 Å². The van der Waals surface area contributed by atoms with E-state index >= 15 is 0 Å². The van der Waals surface area contributed by atoms with Crippen molar-refractivity contribution in [2.24, 2.45) is 0 Å². The van der Waals surface area contributed by atoms with Crippen molar-refractivity contribution < 1.29 is 21.2 Å². The number of rotatable bonds is 5. The minimum Gasteiger partial charge on any atom is -0.256 e. The standard InChI is InChI=1S/C16H14FNO4S2/c1-3-11-18(23(2,19)20)16-10-9-14(12-15(16)17)24(21,22)13-7-5-4-6-8-13/h1,4-10,12H,11H2,2H3. The van der Waals surface area contributed by atoms with Gasteiger partial charge in [0, 0.05) is 0 Å². The predicted molar refractivity (Wildman–Crippen MR) is 89.3 cm³/mol. The number of anilines is 1. The second-order valence-electron chi connectivity index (χ2n) is 4.90. The average molecular weight is 367 g/mol. The zero-order chi connectivity index (χ0) is 18.0. The molecule has 0 radical (unpaired) electrons. The van der Waals surface area contributed by atoms with Gasteiger partial charge in [0.15, 0.2) is 0 Å². The number of nitrogens with zero attached hydrogens (tertiary/aromatic N) is 1. The predicted octanol–water partition coefficient (Wildman–Crippen LogP) is 2.06. The molecule has 0 saturated heterocycles. The van der Waals surface area contributed by atoms with E-state index in [1.165, 1.54) is 12.1 Å². The van der Waals surface area contributed by atoms with Crippen LogP contribution in [-0.2, 0) is 19.9 Å². The molecule has 0 fully saturated rings. The van der Waals surface area contributed by atoms with E-state index in [2.05, 4.69) is 5.92 Å². The van der Waals surface area contributed by atoms with E-state index in [-0.39, 0.29) is 22.0 Å². The molecule has 0 bridgehead atoms. The summed E-state index contributed by atoms with van der Waals surface area (Å²) in [5, 5.41) is 0. The summed E-state index contributed by atoms with van der Waals surface area (Å²) in [5.74, 6) is 1.14. The molecular weight excluding hydrogens is 353 g/mol. The van der Waals surface area contributed by atoms with Crippen LogP contribution >= 0.6 is 0 Å². The van der Waals surface area contributed by atoms with Gasteiger partial charge in [0.2, 0.25) is 19.9 Å². The van der Waals surface area contributed by atoms with Crippen LogP contribution < -0.4 is 4.31 Å². The molecule has 2 aromatic carbocycles. The molecule has 0 heterocycles. The highest BCUT2D eigenvalue weighted by molar-refractivity contribution is 7.92. The van der Waals surface area contributed by atoms with Crippen LogP contribution in [0.1, 0.15) is 0 Å². The van der Waals surface area contributed by atoms with Crippen molar-refractivity contribution in [2.75, 3.05) is 17.1 Å². The van der Waals surface area contributed by atoms with Crippen LogP contribution in [0.5, 0.6) is 0 Å². The third-order valence-electron chi connectivity index (χ3n) is 3.19. The molecule has 0 aliphatic carbocycles. The lowest BCUT2D eigenvalue weighted by Crippen LogP contribution is -2.31. The number of benzene rings is 2. The smallest absolute Gasteiger partial charge is 0.233 e. The fourth-order valence-electron chi connectivity index (χ4n) is 2.06. The van der Waals surface area contributed by atoms with E-state index in [0.29, 0.717) is 4.31 Å². The Hall–Kier alpha value is -2.37. The Morgan fingerprint density at radius 2 is 1.67 bits per heavy atom. The van der Waals surface area contributed by atoms with Gasteiger partial charge in [-0.3, -0.25) is 4.31 Å². The van der Waals surface area contributed by atoms with Gasteiger partial charge in [0.05, 0.1) is 28.3 Å². The van der Waals surface area contributed by atoms with Crippen LogP contribution in [0.4, 0.5) is 10.1 Å². The van der Waals surface area contributed by atoms with Gasteiger partial charge in [-0.2, -0.15) is 0 Å². The summed E-state index contributed by atoms with van der Waals surface area (Å²) < 4.78 is 63.4. The van der Waals surface area contributed by atoms with E-state index in [1.807, 2.05) is 0 Å². The molecule has 0 atom stereocenters. The molecule has 0 aliphatic heterocycles. The number of hydrogen-bond acceptors (Lipinski definition) is 4. The fraction of sp³-hybridized carbons (Fsp3) is 0.125. The topological polar surface area (TPSA) is 71.5 Å². The molecule has 2 aromatic rings. The first-order valence-electron chi connectivity index (χ1n) is 6.69. The van der Waals surface area contributed by atoms with Crippen molar-refractivity contribution >= 4 is 25.5 Å². The molecule has 8 heteroatoms. The minimum atomic E-state index is -3.90. The molecule has 0 amide bonds. The third kappa shape index (κ3) is 3.58. The Kier molecular flexibility index (Phi) is 4.96. The Bertz CT molecular complexity index is 994. The molecule has 0 saturated carbocycles. The number of halogens is 1. The highest BCUT2D eigenvalue weighted by Gasteiger charge is 2.23. The van der Waals surface area contributed by atoms with Crippen LogP contribution in [0.2, 0.25) is 0 Å². The zero-order valence-corrected chi connectivity index (χ0v) is 14.3. The first kappa shape index (κ1) is 18.0. The van der Waals surface area contributed by atoms with E-state index in [0.717, 1.165) is 24.5 Å². The van der Waals surface area contributed by atoms with E-state index in [1.54, 1.807) is 18.2 Å². The van der Waals surface area contributed by atoms with Crippen molar-refractivity contribution in [1.82, 2.24) is 0 Å². The van der Waals surface area contributed by atoms with E-state index in [9.17, 15) is 21.2 Å². The molecule has 5 nitrogen and oxygen atoms in total. The molecule has 126 valence electrons. The van der Waals surface area contributed by atoms with Crippen molar-refractivity contribution in [2.45, 2.75) is 9.79 Å². The van der Waals surface area contributed by atoms with Crippen molar-refractivity contribution in [3.63, 3.8) is 0 Å². The summed E-state index contributed by atoms with van der Waals surface area (Å²) in [4.78, 5) is -0.259. The largest absolute Gasteiger partial charge is 0.256 e. The number of terminal acetylenes is 1. The molecule has 0 spiro atoms. The quantitative estimate of drug-likeness (QED) is 0.759. The van der Waals surface area contributed by atoms with Gasteiger partial charge in [-0.05, 0) is 30.3 Å². The average Bonchev–Trinajstić information content (AvgIpc) is 2.53. The maximum Gasteiger partial charge on any atom is 0.233 e. The van der Waals surface area contributed by atoms with Gasteiger partial charge in [-0.25, -0.2) is 21.2 Å². The molecule has 0 aliphatic rings. The summed E-state index contributed by atoms with van der Waals surface area (Å²) in [5.41, 5.74) is -0.303. The second-order valence-corrected chi connectivity index (χ2v) is 8.76. The summed E-state index contributed by atoms with van der Waals surface area (Å²) in [7, 11) is -7.70. The van der Waals surface area contributed by atoms with Gasteiger partial charge >= 0.3 is 0 Å². The third-order valence-corrected chi connectivity index (χ3v) is 6.08.